The van der Waals surface area contributed by atoms with E-state index in [0.29, 0.717) is 5.92 Å². The fraction of sp³-hybridized carbons (Fsp3) is 0.400. The van der Waals surface area contributed by atoms with Crippen LogP contribution in [0, 0.1) is 0 Å². The first-order valence-electron chi connectivity index (χ1n) is 6.21. The molecule has 1 aliphatic heterocycles. The van der Waals surface area contributed by atoms with E-state index in [9.17, 15) is 4.79 Å². The maximum Gasteiger partial charge on any atom is 0.331 e. The van der Waals surface area contributed by atoms with Gasteiger partial charge in [0.1, 0.15) is 18.1 Å². The van der Waals surface area contributed by atoms with Crippen LogP contribution in [0.3, 0.4) is 0 Å². The summed E-state index contributed by atoms with van der Waals surface area (Å²) in [5.41, 5.74) is 2.75. The van der Waals surface area contributed by atoms with E-state index in [1.165, 1.54) is 6.08 Å². The third-order valence-corrected chi connectivity index (χ3v) is 3.21. The van der Waals surface area contributed by atoms with Crippen molar-refractivity contribution in [3.8, 4) is 11.5 Å². The zero-order chi connectivity index (χ0) is 14.0. The van der Waals surface area contributed by atoms with E-state index < -0.39 is 0 Å². The molecule has 0 unspecified atom stereocenters. The van der Waals surface area contributed by atoms with Gasteiger partial charge in [0.15, 0.2) is 0 Å². The molecule has 0 bridgehead atoms. The monoisotopic (exact) mass is 262 g/mol. The molecule has 0 fully saturated rings. The summed E-state index contributed by atoms with van der Waals surface area (Å²) in [6.07, 6.45) is 3.15. The fourth-order valence-electron chi connectivity index (χ4n) is 2.23. The summed E-state index contributed by atoms with van der Waals surface area (Å²) in [5.74, 6) is 1.44. The van der Waals surface area contributed by atoms with Crippen molar-refractivity contribution in [2.24, 2.45) is 0 Å². The Balaban J connectivity index is 2.71. The van der Waals surface area contributed by atoms with Crippen LogP contribution in [-0.2, 0) is 16.1 Å². The summed E-state index contributed by atoms with van der Waals surface area (Å²) in [7, 11) is 3.25. The van der Waals surface area contributed by atoms with E-state index in [-0.39, 0.29) is 12.6 Å². The molecular formula is C15H18O4. The van der Waals surface area contributed by atoms with Gasteiger partial charge in [-0.2, -0.15) is 0 Å². The topological polar surface area (TPSA) is 44.8 Å². The zero-order valence-electron chi connectivity index (χ0n) is 11.6. The number of rotatable bonds is 3. The van der Waals surface area contributed by atoms with Crippen molar-refractivity contribution in [2.75, 3.05) is 14.2 Å². The molecule has 102 valence electrons. The second kappa shape index (κ2) is 5.34. The number of carbonyl (C=O) groups is 1. The third-order valence-electron chi connectivity index (χ3n) is 3.21. The van der Waals surface area contributed by atoms with Crippen LogP contribution >= 0.6 is 0 Å². The van der Waals surface area contributed by atoms with E-state index in [4.69, 9.17) is 14.2 Å². The molecular weight excluding hydrogens is 244 g/mol. The Morgan fingerprint density at radius 3 is 2.53 bits per heavy atom. The lowest BCUT2D eigenvalue weighted by atomic mass is 9.94. The summed E-state index contributed by atoms with van der Waals surface area (Å²) in [6.45, 7) is 4.37. The van der Waals surface area contributed by atoms with Crippen LogP contribution in [0.5, 0.6) is 11.5 Å². The Bertz CT molecular complexity index is 529. The second-order valence-electron chi connectivity index (χ2n) is 4.69. The number of methoxy groups -OCH3 is 2. The SMILES string of the molecule is COc1cc(C(C)C)c(OC)c2c1COC(=O)C=C2. The molecule has 0 saturated heterocycles. The largest absolute Gasteiger partial charge is 0.496 e. The average molecular weight is 262 g/mol. The number of ether oxygens (including phenoxy) is 3. The Labute approximate surface area is 113 Å². The molecule has 0 amide bonds. The summed E-state index contributed by atoms with van der Waals surface area (Å²) in [6, 6.07) is 1.95. The minimum atomic E-state index is -0.355. The van der Waals surface area contributed by atoms with Gasteiger partial charge >= 0.3 is 5.97 Å². The Morgan fingerprint density at radius 1 is 1.21 bits per heavy atom. The van der Waals surface area contributed by atoms with Crippen molar-refractivity contribution in [3.63, 3.8) is 0 Å². The first kappa shape index (κ1) is 13.5. The predicted octanol–water partition coefficient (Wildman–Crippen LogP) is 2.90. The molecule has 1 aliphatic rings. The van der Waals surface area contributed by atoms with Crippen LogP contribution in [0.2, 0.25) is 0 Å². The van der Waals surface area contributed by atoms with Crippen LogP contribution in [0.15, 0.2) is 12.1 Å². The first-order chi connectivity index (χ1) is 9.08. The van der Waals surface area contributed by atoms with Crippen molar-refractivity contribution in [1.29, 1.82) is 0 Å². The minimum Gasteiger partial charge on any atom is -0.496 e. The smallest absolute Gasteiger partial charge is 0.331 e. The van der Waals surface area contributed by atoms with Crippen molar-refractivity contribution in [2.45, 2.75) is 26.4 Å². The molecule has 0 aromatic heterocycles. The summed E-state index contributed by atoms with van der Waals surface area (Å²) in [5, 5.41) is 0. The van der Waals surface area contributed by atoms with Gasteiger partial charge in [0.2, 0.25) is 0 Å². The van der Waals surface area contributed by atoms with Crippen molar-refractivity contribution >= 4 is 12.0 Å². The molecule has 0 atom stereocenters. The highest BCUT2D eigenvalue weighted by atomic mass is 16.5. The standard InChI is InChI=1S/C15H18O4/c1-9(2)11-7-13(17-3)12-8-19-14(16)6-5-10(12)15(11)18-4/h5-7,9H,8H2,1-4H3. The quantitative estimate of drug-likeness (QED) is 0.786. The minimum absolute atomic E-state index is 0.194. The molecule has 1 heterocycles. The summed E-state index contributed by atoms with van der Waals surface area (Å²) >= 11 is 0. The fourth-order valence-corrected chi connectivity index (χ4v) is 2.23. The van der Waals surface area contributed by atoms with E-state index >= 15 is 0 Å². The van der Waals surface area contributed by atoms with Gasteiger partial charge in [0.25, 0.3) is 0 Å². The number of hydrogen-bond acceptors (Lipinski definition) is 4. The Morgan fingerprint density at radius 2 is 1.95 bits per heavy atom. The van der Waals surface area contributed by atoms with E-state index in [0.717, 1.165) is 28.2 Å². The Hall–Kier alpha value is -1.97. The number of benzene rings is 1. The molecule has 0 saturated carbocycles. The molecule has 0 radical (unpaired) electrons. The third kappa shape index (κ3) is 2.43. The van der Waals surface area contributed by atoms with Crippen molar-refractivity contribution in [3.05, 3.63) is 28.8 Å². The number of esters is 1. The molecule has 0 aliphatic carbocycles. The number of fused-ring (bicyclic) bond motifs is 1. The van der Waals surface area contributed by atoms with Crippen LogP contribution in [0.1, 0.15) is 36.5 Å². The highest BCUT2D eigenvalue weighted by molar-refractivity contribution is 5.89. The summed E-state index contributed by atoms with van der Waals surface area (Å²) < 4.78 is 16.0. The van der Waals surface area contributed by atoms with E-state index in [1.54, 1.807) is 20.3 Å². The van der Waals surface area contributed by atoms with Gasteiger partial charge in [-0.3, -0.25) is 0 Å². The normalized spacial score (nSPS) is 13.8. The number of hydrogen-bond donors (Lipinski definition) is 0. The van der Waals surface area contributed by atoms with Gasteiger partial charge in [-0.1, -0.05) is 13.8 Å². The van der Waals surface area contributed by atoms with Crippen LogP contribution in [0.25, 0.3) is 6.08 Å². The zero-order valence-corrected chi connectivity index (χ0v) is 11.6. The molecule has 4 heteroatoms. The predicted molar refractivity (Wildman–Crippen MR) is 72.5 cm³/mol. The average Bonchev–Trinajstić information content (AvgIpc) is 2.59. The second-order valence-corrected chi connectivity index (χ2v) is 4.69. The van der Waals surface area contributed by atoms with Gasteiger partial charge in [-0.15, -0.1) is 0 Å². The van der Waals surface area contributed by atoms with Crippen molar-refractivity contribution in [1.82, 2.24) is 0 Å². The first-order valence-corrected chi connectivity index (χ1v) is 6.21. The molecule has 1 aromatic rings. The van der Waals surface area contributed by atoms with Gasteiger partial charge in [-0.05, 0) is 18.1 Å². The molecule has 4 nitrogen and oxygen atoms in total. The van der Waals surface area contributed by atoms with Gasteiger partial charge < -0.3 is 14.2 Å². The van der Waals surface area contributed by atoms with E-state index in [1.807, 2.05) is 6.07 Å². The maximum atomic E-state index is 11.4. The van der Waals surface area contributed by atoms with Gasteiger partial charge in [-0.25, -0.2) is 4.79 Å². The Kier molecular flexibility index (Phi) is 3.79. The molecule has 19 heavy (non-hydrogen) atoms. The highest BCUT2D eigenvalue weighted by Gasteiger charge is 2.22. The van der Waals surface area contributed by atoms with E-state index in [2.05, 4.69) is 13.8 Å². The number of cyclic esters (lactones) is 1. The lowest BCUT2D eigenvalue weighted by Crippen LogP contribution is -2.05. The highest BCUT2D eigenvalue weighted by Crippen LogP contribution is 2.40. The molecule has 1 aromatic carbocycles. The molecule has 0 spiro atoms. The molecule has 2 rings (SSSR count). The number of carbonyl (C=O) groups excluding carboxylic acids is 1. The van der Waals surface area contributed by atoms with Crippen LogP contribution < -0.4 is 9.47 Å². The van der Waals surface area contributed by atoms with Crippen LogP contribution in [0.4, 0.5) is 0 Å². The van der Waals surface area contributed by atoms with Gasteiger partial charge in [0, 0.05) is 22.8 Å². The van der Waals surface area contributed by atoms with Crippen LogP contribution in [-0.4, -0.2) is 20.2 Å². The van der Waals surface area contributed by atoms with Crippen molar-refractivity contribution < 1.29 is 19.0 Å². The lowest BCUT2D eigenvalue weighted by molar-refractivity contribution is -0.138. The summed E-state index contributed by atoms with van der Waals surface area (Å²) in [4.78, 5) is 11.4. The molecule has 0 N–H and O–H groups in total. The maximum absolute atomic E-state index is 11.4. The van der Waals surface area contributed by atoms with Gasteiger partial charge in [0.05, 0.1) is 14.2 Å². The lowest BCUT2D eigenvalue weighted by Gasteiger charge is -2.19.